The maximum Gasteiger partial charge on any atom is 0.164 e. The Balaban J connectivity index is 0.999. The summed E-state index contributed by atoms with van der Waals surface area (Å²) in [4.78, 5) is 15.6. The number of para-hydroxylation sites is 3. The first-order valence-corrected chi connectivity index (χ1v) is 25.2. The summed E-state index contributed by atoms with van der Waals surface area (Å²) >= 11 is 0. The summed E-state index contributed by atoms with van der Waals surface area (Å²) in [5.41, 5.74) is 14.0. The van der Waals surface area contributed by atoms with Crippen molar-refractivity contribution < 1.29 is 0 Å². The van der Waals surface area contributed by atoms with E-state index >= 15 is 0 Å². The Bertz CT molecular complexity index is 4600. The van der Waals surface area contributed by atoms with Gasteiger partial charge in [0.15, 0.2) is 17.5 Å². The minimum absolute atomic E-state index is 0.605. The van der Waals surface area contributed by atoms with Crippen LogP contribution in [-0.4, -0.2) is 24.1 Å². The molecule has 0 atom stereocenters. The molecule has 0 saturated heterocycles. The summed E-state index contributed by atoms with van der Waals surface area (Å²) in [5, 5.41) is 12.3. The van der Waals surface area contributed by atoms with Gasteiger partial charge in [-0.3, -0.25) is 0 Å². The summed E-state index contributed by atoms with van der Waals surface area (Å²) in [6, 6.07) is 93.8. The van der Waals surface area contributed by atoms with Crippen LogP contribution in [0, 0.1) is 0 Å². The van der Waals surface area contributed by atoms with Gasteiger partial charge in [0.2, 0.25) is 0 Å². The van der Waals surface area contributed by atoms with Crippen molar-refractivity contribution in [2.24, 2.45) is 0 Å². The number of hydrogen-bond acceptors (Lipinski definition) is 3. The number of benzene rings is 12. The van der Waals surface area contributed by atoms with E-state index in [0.29, 0.717) is 17.5 Å². The van der Waals surface area contributed by atoms with Gasteiger partial charge in [-0.25, -0.2) is 15.0 Å². The van der Waals surface area contributed by atoms with E-state index < -0.39 is 0 Å². The number of nitrogens with zero attached hydrogens (tertiary/aromatic N) is 5. The second-order valence-electron chi connectivity index (χ2n) is 19.1. The summed E-state index contributed by atoms with van der Waals surface area (Å²) < 4.78 is 4.79. The highest BCUT2D eigenvalue weighted by Crippen LogP contribution is 2.45. The molecule has 0 N–H and O–H groups in total. The van der Waals surface area contributed by atoms with Crippen molar-refractivity contribution >= 4 is 75.9 Å². The van der Waals surface area contributed by atoms with E-state index in [1.807, 2.05) is 36.4 Å². The number of hydrogen-bond donors (Lipinski definition) is 0. The van der Waals surface area contributed by atoms with Gasteiger partial charge < -0.3 is 9.13 Å². The molecule has 0 radical (unpaired) electrons. The Morgan fingerprint density at radius 2 is 0.595 bits per heavy atom. The monoisotopic (exact) mass is 941 g/mol. The lowest BCUT2D eigenvalue weighted by Gasteiger charge is -2.13. The third kappa shape index (κ3) is 6.68. The van der Waals surface area contributed by atoms with Crippen LogP contribution < -0.4 is 0 Å². The first-order valence-electron chi connectivity index (χ1n) is 25.2. The fourth-order valence-electron chi connectivity index (χ4n) is 11.6. The van der Waals surface area contributed by atoms with Crippen LogP contribution in [0.5, 0.6) is 0 Å². The largest absolute Gasteiger partial charge is 0.309 e. The highest BCUT2D eigenvalue weighted by Gasteiger charge is 2.22. The van der Waals surface area contributed by atoms with Crippen LogP contribution in [-0.2, 0) is 0 Å². The van der Waals surface area contributed by atoms with E-state index in [0.717, 1.165) is 66.6 Å². The molecule has 0 spiro atoms. The molecule has 0 unspecified atom stereocenters. The first-order chi connectivity index (χ1) is 36.7. The van der Waals surface area contributed by atoms with Crippen LogP contribution in [0.3, 0.4) is 0 Å². The molecule has 0 bridgehead atoms. The summed E-state index contributed by atoms with van der Waals surface area (Å²) in [7, 11) is 0. The zero-order valence-corrected chi connectivity index (χ0v) is 40.1. The lowest BCUT2D eigenvalue weighted by molar-refractivity contribution is 1.07. The fraction of sp³-hybridized carbons (Fsp3) is 0. The maximum atomic E-state index is 5.28. The van der Waals surface area contributed by atoms with Crippen LogP contribution in [0.15, 0.2) is 261 Å². The Morgan fingerprint density at radius 1 is 0.216 bits per heavy atom. The van der Waals surface area contributed by atoms with E-state index in [4.69, 9.17) is 15.0 Å². The van der Waals surface area contributed by atoms with Crippen LogP contribution in [0.1, 0.15) is 0 Å². The second kappa shape index (κ2) is 16.8. The molecule has 12 aromatic carbocycles. The molecule has 74 heavy (non-hydrogen) atoms. The minimum atomic E-state index is 0.605. The molecule has 0 aliphatic rings. The summed E-state index contributed by atoms with van der Waals surface area (Å²) in [6.07, 6.45) is 0. The van der Waals surface area contributed by atoms with E-state index in [-0.39, 0.29) is 0 Å². The molecule has 3 heterocycles. The van der Waals surface area contributed by atoms with E-state index in [1.54, 1.807) is 0 Å². The lowest BCUT2D eigenvalue weighted by atomic mass is 9.92. The molecule has 0 saturated carbocycles. The lowest BCUT2D eigenvalue weighted by Crippen LogP contribution is -2.01. The normalized spacial score (nSPS) is 11.8. The Hall–Kier alpha value is -9.97. The fourth-order valence-corrected chi connectivity index (χ4v) is 11.6. The van der Waals surface area contributed by atoms with Crippen LogP contribution in [0.4, 0.5) is 0 Å². The van der Waals surface area contributed by atoms with Crippen molar-refractivity contribution in [2.45, 2.75) is 0 Å². The van der Waals surface area contributed by atoms with Crippen LogP contribution >= 0.6 is 0 Å². The quantitative estimate of drug-likeness (QED) is 0.150. The Kier molecular flexibility index (Phi) is 9.50. The molecule has 0 aliphatic heterocycles. The van der Waals surface area contributed by atoms with Crippen molar-refractivity contribution in [1.82, 2.24) is 24.1 Å². The third-order valence-corrected chi connectivity index (χ3v) is 14.9. The predicted molar refractivity (Wildman–Crippen MR) is 308 cm³/mol. The molecule has 0 aliphatic carbocycles. The number of rotatable bonds is 7. The van der Waals surface area contributed by atoms with E-state index in [1.165, 1.54) is 59.6 Å². The molecular formula is C69H43N5. The maximum absolute atomic E-state index is 5.28. The Morgan fingerprint density at radius 3 is 1.15 bits per heavy atom. The standard InChI is InChI=1S/C69H43N5/c1-5-19-44(20-6-1)67-70-68(45-21-7-2-8-22-45)72-69(71-67)49-42-58(66-57-31-17-18-32-62(57)74(65(66)43-49)51-25-11-4-12-26-51)48-35-38-64-61(41-48)60-40-47(34-37-63(60)73(64)50-23-9-3-10-24-50)46-33-36-56-54-29-14-13-27-52(54)53-28-15-16-30-55(53)59(56)39-46/h1-43H. The molecule has 15 rings (SSSR count). The van der Waals surface area contributed by atoms with Gasteiger partial charge in [-0.15, -0.1) is 0 Å². The zero-order chi connectivity index (χ0) is 48.7. The van der Waals surface area contributed by atoms with Crippen molar-refractivity contribution in [3.8, 4) is 67.8 Å². The molecule has 15 aromatic rings. The average molecular weight is 942 g/mol. The molecule has 344 valence electrons. The molecule has 3 aromatic heterocycles. The third-order valence-electron chi connectivity index (χ3n) is 14.9. The Labute approximate surface area is 426 Å². The van der Waals surface area contributed by atoms with Gasteiger partial charge in [0.1, 0.15) is 0 Å². The van der Waals surface area contributed by atoms with Gasteiger partial charge in [0.25, 0.3) is 0 Å². The number of aromatic nitrogens is 5. The van der Waals surface area contributed by atoms with Gasteiger partial charge in [0.05, 0.1) is 22.1 Å². The minimum Gasteiger partial charge on any atom is -0.309 e. The highest BCUT2D eigenvalue weighted by atomic mass is 15.0. The average Bonchev–Trinajstić information content (AvgIpc) is 4.00. The molecule has 5 heteroatoms. The van der Waals surface area contributed by atoms with Gasteiger partial charge in [-0.1, -0.05) is 188 Å². The van der Waals surface area contributed by atoms with Gasteiger partial charge in [-0.05, 0) is 127 Å². The molecule has 5 nitrogen and oxygen atoms in total. The van der Waals surface area contributed by atoms with Crippen molar-refractivity contribution in [3.05, 3.63) is 261 Å². The van der Waals surface area contributed by atoms with Crippen LogP contribution in [0.2, 0.25) is 0 Å². The van der Waals surface area contributed by atoms with Gasteiger partial charge >= 0.3 is 0 Å². The van der Waals surface area contributed by atoms with Gasteiger partial charge in [-0.2, -0.15) is 0 Å². The van der Waals surface area contributed by atoms with E-state index in [2.05, 4.69) is 234 Å². The topological polar surface area (TPSA) is 48.5 Å². The van der Waals surface area contributed by atoms with Crippen molar-refractivity contribution in [2.75, 3.05) is 0 Å². The van der Waals surface area contributed by atoms with E-state index in [9.17, 15) is 0 Å². The zero-order valence-electron chi connectivity index (χ0n) is 40.1. The summed E-state index contributed by atoms with van der Waals surface area (Å²) in [5.74, 6) is 1.85. The van der Waals surface area contributed by atoms with Gasteiger partial charge in [0, 0.05) is 49.6 Å². The molecule has 0 amide bonds. The predicted octanol–water partition coefficient (Wildman–Crippen LogP) is 17.9. The van der Waals surface area contributed by atoms with Crippen molar-refractivity contribution in [3.63, 3.8) is 0 Å². The molecule has 0 fully saturated rings. The second-order valence-corrected chi connectivity index (χ2v) is 19.1. The highest BCUT2D eigenvalue weighted by molar-refractivity contribution is 6.26. The molecular weight excluding hydrogens is 899 g/mol. The van der Waals surface area contributed by atoms with Crippen molar-refractivity contribution in [1.29, 1.82) is 0 Å². The summed E-state index contributed by atoms with van der Waals surface area (Å²) in [6.45, 7) is 0. The van der Waals surface area contributed by atoms with Crippen LogP contribution in [0.25, 0.3) is 144 Å². The first kappa shape index (κ1) is 41.8. The SMILES string of the molecule is c1ccc(-c2nc(-c3ccccc3)nc(-c3cc(-c4ccc5c(c4)c4cc(-c6ccc7c8ccccc8c8ccccc8c7c6)ccc4n5-c4ccccc4)c4c5ccccc5n(-c5ccccc5)c4c3)n2)cc1. The smallest absolute Gasteiger partial charge is 0.164 e. The number of fused-ring (bicyclic) bond motifs is 12.